The Balaban J connectivity index is 2.00. The Morgan fingerprint density at radius 1 is 1.36 bits per heavy atom. The summed E-state index contributed by atoms with van der Waals surface area (Å²) in [4.78, 5) is 23.8. The first-order chi connectivity index (χ1) is 10.7. The number of thiazole rings is 1. The van der Waals surface area contributed by atoms with Crippen molar-refractivity contribution in [2.75, 3.05) is 26.2 Å². The van der Waals surface area contributed by atoms with Crippen LogP contribution in [-0.2, 0) is 0 Å². The SMILES string of the molecule is CCN(CC)CCNC(=O)c1sc(-c2cccnc2)nc1C. The van der Waals surface area contributed by atoms with Gasteiger partial charge in [0, 0.05) is 31.0 Å². The third kappa shape index (κ3) is 4.11. The minimum atomic E-state index is -0.0442. The highest BCUT2D eigenvalue weighted by Gasteiger charge is 2.16. The zero-order valence-corrected chi connectivity index (χ0v) is 14.1. The van der Waals surface area contributed by atoms with Gasteiger partial charge in [0.15, 0.2) is 0 Å². The first-order valence-electron chi connectivity index (χ1n) is 7.54. The van der Waals surface area contributed by atoms with Crippen molar-refractivity contribution in [1.82, 2.24) is 20.2 Å². The second-order valence-corrected chi connectivity index (χ2v) is 5.96. The van der Waals surface area contributed by atoms with E-state index in [-0.39, 0.29) is 5.91 Å². The Hall–Kier alpha value is -1.79. The Morgan fingerprint density at radius 3 is 2.77 bits per heavy atom. The van der Waals surface area contributed by atoms with Crippen LogP contribution in [-0.4, -0.2) is 47.0 Å². The highest BCUT2D eigenvalue weighted by Crippen LogP contribution is 2.27. The predicted molar refractivity (Wildman–Crippen MR) is 90.2 cm³/mol. The second kappa shape index (κ2) is 8.00. The number of amides is 1. The van der Waals surface area contributed by atoms with E-state index >= 15 is 0 Å². The summed E-state index contributed by atoms with van der Waals surface area (Å²) in [5.74, 6) is -0.0442. The topological polar surface area (TPSA) is 58.1 Å². The molecular weight excluding hydrogens is 296 g/mol. The van der Waals surface area contributed by atoms with E-state index in [0.29, 0.717) is 11.4 Å². The maximum Gasteiger partial charge on any atom is 0.263 e. The molecule has 0 aliphatic carbocycles. The van der Waals surface area contributed by atoms with Crippen LogP contribution in [0.5, 0.6) is 0 Å². The van der Waals surface area contributed by atoms with Crippen molar-refractivity contribution in [2.45, 2.75) is 20.8 Å². The van der Waals surface area contributed by atoms with Gasteiger partial charge in [-0.3, -0.25) is 9.78 Å². The van der Waals surface area contributed by atoms with Crippen molar-refractivity contribution in [2.24, 2.45) is 0 Å². The van der Waals surface area contributed by atoms with Crippen LogP contribution in [0.2, 0.25) is 0 Å². The number of likely N-dealkylation sites (N-methyl/N-ethyl adjacent to an activating group) is 1. The van der Waals surface area contributed by atoms with E-state index in [4.69, 9.17) is 0 Å². The fourth-order valence-electron chi connectivity index (χ4n) is 2.17. The van der Waals surface area contributed by atoms with Crippen LogP contribution >= 0.6 is 11.3 Å². The highest BCUT2D eigenvalue weighted by molar-refractivity contribution is 7.17. The molecule has 0 aromatic carbocycles. The van der Waals surface area contributed by atoms with Crippen molar-refractivity contribution in [1.29, 1.82) is 0 Å². The lowest BCUT2D eigenvalue weighted by atomic mass is 10.3. The van der Waals surface area contributed by atoms with Gasteiger partial charge in [-0.15, -0.1) is 11.3 Å². The van der Waals surface area contributed by atoms with E-state index in [1.807, 2.05) is 19.1 Å². The van der Waals surface area contributed by atoms with Crippen LogP contribution in [0.3, 0.4) is 0 Å². The first-order valence-corrected chi connectivity index (χ1v) is 8.35. The van der Waals surface area contributed by atoms with E-state index in [1.54, 1.807) is 12.4 Å². The lowest BCUT2D eigenvalue weighted by Crippen LogP contribution is -2.34. The molecular formula is C16H22N4OS. The van der Waals surface area contributed by atoms with E-state index < -0.39 is 0 Å². The van der Waals surface area contributed by atoms with Crippen molar-refractivity contribution < 1.29 is 4.79 Å². The number of aromatic nitrogens is 2. The van der Waals surface area contributed by atoms with Gasteiger partial charge in [-0.05, 0) is 32.1 Å². The van der Waals surface area contributed by atoms with E-state index in [0.717, 1.165) is 35.9 Å². The quantitative estimate of drug-likeness (QED) is 0.852. The molecule has 22 heavy (non-hydrogen) atoms. The van der Waals surface area contributed by atoms with Gasteiger partial charge in [-0.2, -0.15) is 0 Å². The summed E-state index contributed by atoms with van der Waals surface area (Å²) in [6, 6.07) is 3.82. The van der Waals surface area contributed by atoms with Gasteiger partial charge in [0.1, 0.15) is 9.88 Å². The summed E-state index contributed by atoms with van der Waals surface area (Å²) in [6.07, 6.45) is 3.49. The van der Waals surface area contributed by atoms with Crippen LogP contribution in [0, 0.1) is 6.92 Å². The number of carbonyl (C=O) groups is 1. The van der Waals surface area contributed by atoms with E-state index in [2.05, 4.69) is 34.0 Å². The van der Waals surface area contributed by atoms with Crippen LogP contribution in [0.4, 0.5) is 0 Å². The molecule has 5 nitrogen and oxygen atoms in total. The zero-order chi connectivity index (χ0) is 15.9. The summed E-state index contributed by atoms with van der Waals surface area (Å²) < 4.78 is 0. The monoisotopic (exact) mass is 318 g/mol. The molecule has 1 amide bonds. The van der Waals surface area contributed by atoms with Crippen molar-refractivity contribution in [3.8, 4) is 10.6 Å². The van der Waals surface area contributed by atoms with Gasteiger partial charge in [0.2, 0.25) is 0 Å². The standard InChI is InChI=1S/C16H22N4OS/c1-4-20(5-2)10-9-18-15(21)14-12(3)19-16(22-14)13-7-6-8-17-11-13/h6-8,11H,4-5,9-10H2,1-3H3,(H,18,21). The molecule has 0 spiro atoms. The number of nitrogens with one attached hydrogen (secondary N) is 1. The summed E-state index contributed by atoms with van der Waals surface area (Å²) in [7, 11) is 0. The van der Waals surface area contributed by atoms with Crippen LogP contribution in [0.25, 0.3) is 10.6 Å². The Labute approximate surface area is 135 Å². The predicted octanol–water partition coefficient (Wildman–Crippen LogP) is 2.59. The smallest absolute Gasteiger partial charge is 0.263 e. The number of carbonyl (C=O) groups excluding carboxylic acids is 1. The third-order valence-electron chi connectivity index (χ3n) is 3.52. The largest absolute Gasteiger partial charge is 0.350 e. The maximum atomic E-state index is 12.3. The average Bonchev–Trinajstić information content (AvgIpc) is 2.94. The summed E-state index contributed by atoms with van der Waals surface area (Å²) >= 11 is 1.41. The zero-order valence-electron chi connectivity index (χ0n) is 13.3. The number of aryl methyl sites for hydroxylation is 1. The fraction of sp³-hybridized carbons (Fsp3) is 0.438. The molecule has 2 heterocycles. The number of hydrogen-bond acceptors (Lipinski definition) is 5. The number of pyridine rings is 1. The third-order valence-corrected chi connectivity index (χ3v) is 4.72. The summed E-state index contributed by atoms with van der Waals surface area (Å²) in [6.45, 7) is 9.63. The molecule has 0 bridgehead atoms. The van der Waals surface area contributed by atoms with Crippen molar-refractivity contribution in [3.05, 3.63) is 35.1 Å². The van der Waals surface area contributed by atoms with Gasteiger partial charge in [-0.1, -0.05) is 13.8 Å². The number of hydrogen-bond donors (Lipinski definition) is 1. The first kappa shape index (κ1) is 16.6. The summed E-state index contributed by atoms with van der Waals surface area (Å²) in [5.41, 5.74) is 1.71. The maximum absolute atomic E-state index is 12.3. The average molecular weight is 318 g/mol. The molecule has 0 aliphatic rings. The molecule has 0 saturated carbocycles. The van der Waals surface area contributed by atoms with Crippen LogP contribution in [0.1, 0.15) is 29.2 Å². The van der Waals surface area contributed by atoms with Gasteiger partial charge >= 0.3 is 0 Å². The lowest BCUT2D eigenvalue weighted by Gasteiger charge is -2.17. The molecule has 0 aliphatic heterocycles. The molecule has 0 unspecified atom stereocenters. The van der Waals surface area contributed by atoms with Gasteiger partial charge < -0.3 is 10.2 Å². The molecule has 0 radical (unpaired) electrons. The molecule has 0 fully saturated rings. The van der Waals surface area contributed by atoms with Crippen molar-refractivity contribution in [3.63, 3.8) is 0 Å². The van der Waals surface area contributed by atoms with Gasteiger partial charge in [0.25, 0.3) is 5.91 Å². The van der Waals surface area contributed by atoms with E-state index in [9.17, 15) is 4.79 Å². The normalized spacial score (nSPS) is 10.9. The van der Waals surface area contributed by atoms with Crippen LogP contribution in [0.15, 0.2) is 24.5 Å². The Kier molecular flexibility index (Phi) is 6.03. The number of nitrogens with zero attached hydrogens (tertiary/aromatic N) is 3. The van der Waals surface area contributed by atoms with Crippen LogP contribution < -0.4 is 5.32 Å². The highest BCUT2D eigenvalue weighted by atomic mass is 32.1. The lowest BCUT2D eigenvalue weighted by molar-refractivity contribution is 0.0952. The fourth-order valence-corrected chi connectivity index (χ4v) is 3.14. The molecule has 0 saturated heterocycles. The van der Waals surface area contributed by atoms with Gasteiger partial charge in [-0.25, -0.2) is 4.98 Å². The van der Waals surface area contributed by atoms with E-state index in [1.165, 1.54) is 11.3 Å². The second-order valence-electron chi connectivity index (χ2n) is 4.96. The Morgan fingerprint density at radius 2 is 2.14 bits per heavy atom. The molecule has 2 rings (SSSR count). The molecule has 118 valence electrons. The molecule has 1 N–H and O–H groups in total. The molecule has 0 atom stereocenters. The minimum absolute atomic E-state index is 0.0442. The molecule has 6 heteroatoms. The summed E-state index contributed by atoms with van der Waals surface area (Å²) in [5, 5.41) is 3.81. The van der Waals surface area contributed by atoms with Gasteiger partial charge in [0.05, 0.1) is 5.69 Å². The molecule has 2 aromatic rings. The van der Waals surface area contributed by atoms with Crippen molar-refractivity contribution >= 4 is 17.2 Å². The number of rotatable bonds is 7. The molecule has 2 aromatic heterocycles. The Bertz CT molecular complexity index is 608. The minimum Gasteiger partial charge on any atom is -0.350 e.